The third-order valence-corrected chi connectivity index (χ3v) is 5.42. The van der Waals surface area contributed by atoms with E-state index in [1.54, 1.807) is 12.1 Å². The Morgan fingerprint density at radius 1 is 1.05 bits per heavy atom. The summed E-state index contributed by atoms with van der Waals surface area (Å²) in [6.45, 7) is 2.03. The van der Waals surface area contributed by atoms with Crippen molar-refractivity contribution < 1.29 is 8.42 Å². The standard InChI is InChI=1S/C15H15Br2NO2S/c1-10(18-15-9-12(16)5-8-14(15)17)11-3-6-13(7-4-11)21(2,19)20/h3-10,18H,1-2H3. The molecule has 0 saturated heterocycles. The Bertz CT molecular complexity index is 743. The first-order chi connectivity index (χ1) is 9.77. The van der Waals surface area contributed by atoms with Gasteiger partial charge in [0.15, 0.2) is 9.84 Å². The summed E-state index contributed by atoms with van der Waals surface area (Å²) in [5, 5.41) is 3.40. The van der Waals surface area contributed by atoms with Crippen LogP contribution in [0.1, 0.15) is 18.5 Å². The van der Waals surface area contributed by atoms with Crippen LogP contribution in [0.5, 0.6) is 0 Å². The normalized spacial score (nSPS) is 13.0. The van der Waals surface area contributed by atoms with E-state index < -0.39 is 9.84 Å². The van der Waals surface area contributed by atoms with E-state index in [2.05, 4.69) is 37.2 Å². The van der Waals surface area contributed by atoms with Gasteiger partial charge in [-0.1, -0.05) is 28.1 Å². The third kappa shape index (κ3) is 4.31. The average Bonchev–Trinajstić information content (AvgIpc) is 2.42. The maximum absolute atomic E-state index is 11.5. The fraction of sp³-hybridized carbons (Fsp3) is 0.200. The molecule has 2 aromatic rings. The lowest BCUT2D eigenvalue weighted by molar-refractivity contribution is 0.602. The summed E-state index contributed by atoms with van der Waals surface area (Å²) in [5.41, 5.74) is 2.00. The molecule has 1 unspecified atom stereocenters. The Labute approximate surface area is 141 Å². The molecule has 0 aliphatic carbocycles. The molecule has 1 N–H and O–H groups in total. The highest BCUT2D eigenvalue weighted by atomic mass is 79.9. The van der Waals surface area contributed by atoms with Gasteiger partial charge in [-0.05, 0) is 58.7 Å². The van der Waals surface area contributed by atoms with Gasteiger partial charge in [0, 0.05) is 21.2 Å². The van der Waals surface area contributed by atoms with Crippen LogP contribution in [0.3, 0.4) is 0 Å². The zero-order valence-electron chi connectivity index (χ0n) is 11.6. The van der Waals surface area contributed by atoms with Crippen LogP contribution in [-0.2, 0) is 9.84 Å². The SMILES string of the molecule is CC(Nc1cc(Br)ccc1Br)c1ccc(S(C)(=O)=O)cc1. The molecule has 21 heavy (non-hydrogen) atoms. The number of nitrogens with one attached hydrogen (secondary N) is 1. The van der Waals surface area contributed by atoms with E-state index in [9.17, 15) is 8.42 Å². The highest BCUT2D eigenvalue weighted by Gasteiger charge is 2.11. The molecular formula is C15H15Br2NO2S. The van der Waals surface area contributed by atoms with Crippen LogP contribution >= 0.6 is 31.9 Å². The van der Waals surface area contributed by atoms with Crippen molar-refractivity contribution in [2.24, 2.45) is 0 Å². The molecule has 6 heteroatoms. The summed E-state index contributed by atoms with van der Waals surface area (Å²) in [6, 6.07) is 12.9. The molecule has 0 spiro atoms. The van der Waals surface area contributed by atoms with Crippen molar-refractivity contribution in [2.45, 2.75) is 17.9 Å². The maximum Gasteiger partial charge on any atom is 0.175 e. The second-order valence-electron chi connectivity index (χ2n) is 4.83. The molecular weight excluding hydrogens is 418 g/mol. The van der Waals surface area contributed by atoms with Crippen molar-refractivity contribution in [1.82, 2.24) is 0 Å². The fourth-order valence-corrected chi connectivity index (χ4v) is 3.28. The summed E-state index contributed by atoms with van der Waals surface area (Å²) in [5.74, 6) is 0. The Kier molecular flexibility index (Phi) is 5.11. The molecule has 0 radical (unpaired) electrons. The molecule has 0 saturated carbocycles. The van der Waals surface area contributed by atoms with E-state index in [0.29, 0.717) is 4.90 Å². The number of halogens is 2. The number of sulfone groups is 1. The van der Waals surface area contributed by atoms with Gasteiger partial charge in [-0.15, -0.1) is 0 Å². The Hall–Kier alpha value is -0.850. The van der Waals surface area contributed by atoms with Crippen molar-refractivity contribution in [1.29, 1.82) is 0 Å². The van der Waals surface area contributed by atoms with E-state index >= 15 is 0 Å². The summed E-state index contributed by atoms with van der Waals surface area (Å²) >= 11 is 6.95. The van der Waals surface area contributed by atoms with E-state index in [-0.39, 0.29) is 6.04 Å². The molecule has 3 nitrogen and oxygen atoms in total. The lowest BCUT2D eigenvalue weighted by Crippen LogP contribution is -2.07. The predicted molar refractivity (Wildman–Crippen MR) is 93.4 cm³/mol. The summed E-state index contributed by atoms with van der Waals surface area (Å²) < 4.78 is 24.9. The zero-order chi connectivity index (χ0) is 15.6. The first-order valence-corrected chi connectivity index (χ1v) is 9.77. The average molecular weight is 433 g/mol. The van der Waals surface area contributed by atoms with Gasteiger partial charge in [0.25, 0.3) is 0 Å². The van der Waals surface area contributed by atoms with Crippen LogP contribution in [0.2, 0.25) is 0 Å². The van der Waals surface area contributed by atoms with Crippen LogP contribution in [-0.4, -0.2) is 14.7 Å². The minimum absolute atomic E-state index is 0.0595. The van der Waals surface area contributed by atoms with Crippen LogP contribution in [0.4, 0.5) is 5.69 Å². The smallest absolute Gasteiger partial charge is 0.175 e. The number of rotatable bonds is 4. The Morgan fingerprint density at radius 2 is 1.67 bits per heavy atom. The second kappa shape index (κ2) is 6.50. The molecule has 112 valence electrons. The van der Waals surface area contributed by atoms with Gasteiger partial charge in [-0.3, -0.25) is 0 Å². The molecule has 0 aromatic heterocycles. The molecule has 0 heterocycles. The maximum atomic E-state index is 11.5. The first-order valence-electron chi connectivity index (χ1n) is 6.29. The van der Waals surface area contributed by atoms with E-state index in [0.717, 1.165) is 20.2 Å². The number of anilines is 1. The van der Waals surface area contributed by atoms with Gasteiger partial charge in [-0.2, -0.15) is 0 Å². The Morgan fingerprint density at radius 3 is 2.24 bits per heavy atom. The van der Waals surface area contributed by atoms with Crippen LogP contribution in [0, 0.1) is 0 Å². The van der Waals surface area contributed by atoms with Crippen molar-refractivity contribution in [3.05, 3.63) is 57.0 Å². The molecule has 0 amide bonds. The lowest BCUT2D eigenvalue weighted by atomic mass is 10.1. The highest BCUT2D eigenvalue weighted by molar-refractivity contribution is 9.11. The van der Waals surface area contributed by atoms with Gasteiger partial charge >= 0.3 is 0 Å². The van der Waals surface area contributed by atoms with Crippen LogP contribution in [0.25, 0.3) is 0 Å². The highest BCUT2D eigenvalue weighted by Crippen LogP contribution is 2.29. The molecule has 1 atom stereocenters. The molecule has 0 fully saturated rings. The van der Waals surface area contributed by atoms with Gasteiger partial charge in [0.2, 0.25) is 0 Å². The summed E-state index contributed by atoms with van der Waals surface area (Å²) in [6.07, 6.45) is 1.21. The van der Waals surface area contributed by atoms with E-state index in [1.165, 1.54) is 6.26 Å². The number of hydrogen-bond donors (Lipinski definition) is 1. The largest absolute Gasteiger partial charge is 0.378 e. The monoisotopic (exact) mass is 431 g/mol. The van der Waals surface area contributed by atoms with Crippen molar-refractivity contribution in [3.63, 3.8) is 0 Å². The molecule has 0 bridgehead atoms. The molecule has 2 rings (SSSR count). The fourth-order valence-electron chi connectivity index (χ4n) is 1.93. The van der Waals surface area contributed by atoms with Crippen LogP contribution < -0.4 is 5.32 Å². The summed E-state index contributed by atoms with van der Waals surface area (Å²) in [7, 11) is -3.15. The van der Waals surface area contributed by atoms with Gasteiger partial charge < -0.3 is 5.32 Å². The van der Waals surface area contributed by atoms with E-state index in [4.69, 9.17) is 0 Å². The number of benzene rings is 2. The summed E-state index contributed by atoms with van der Waals surface area (Å²) in [4.78, 5) is 0.335. The minimum Gasteiger partial charge on any atom is -0.378 e. The first kappa shape index (κ1) is 16.5. The van der Waals surface area contributed by atoms with Crippen LogP contribution in [0.15, 0.2) is 56.3 Å². The second-order valence-corrected chi connectivity index (χ2v) is 8.62. The van der Waals surface area contributed by atoms with E-state index in [1.807, 2.05) is 37.3 Å². The predicted octanol–water partition coefficient (Wildman–Crippen LogP) is 4.79. The van der Waals surface area contributed by atoms with Gasteiger partial charge in [-0.25, -0.2) is 8.42 Å². The molecule has 0 aliphatic heterocycles. The lowest BCUT2D eigenvalue weighted by Gasteiger charge is -2.17. The van der Waals surface area contributed by atoms with Gasteiger partial charge in [0.05, 0.1) is 10.6 Å². The number of hydrogen-bond acceptors (Lipinski definition) is 3. The molecule has 2 aromatic carbocycles. The topological polar surface area (TPSA) is 46.2 Å². The van der Waals surface area contributed by atoms with Crippen molar-refractivity contribution >= 4 is 47.4 Å². The molecule has 0 aliphatic rings. The van der Waals surface area contributed by atoms with Crippen molar-refractivity contribution in [2.75, 3.05) is 11.6 Å². The third-order valence-electron chi connectivity index (χ3n) is 3.11. The van der Waals surface area contributed by atoms with Crippen molar-refractivity contribution in [3.8, 4) is 0 Å². The quantitative estimate of drug-likeness (QED) is 0.755. The minimum atomic E-state index is -3.15. The van der Waals surface area contributed by atoms with Gasteiger partial charge in [0.1, 0.15) is 0 Å². The Balaban J connectivity index is 2.20. The zero-order valence-corrected chi connectivity index (χ0v) is 15.6.